The molecule has 0 radical (unpaired) electrons. The van der Waals surface area contributed by atoms with Crippen molar-refractivity contribution in [2.75, 3.05) is 6.54 Å². The number of aromatic amines is 1. The van der Waals surface area contributed by atoms with Gasteiger partial charge in [-0.25, -0.2) is 0 Å². The average Bonchev–Trinajstić information content (AvgIpc) is 2.61. The van der Waals surface area contributed by atoms with E-state index < -0.39 is 6.04 Å². The van der Waals surface area contributed by atoms with Gasteiger partial charge in [0.05, 0.1) is 11.7 Å². The number of nitrogens with one attached hydrogen (secondary N) is 2. The highest BCUT2D eigenvalue weighted by Gasteiger charge is 2.16. The van der Waals surface area contributed by atoms with Crippen LogP contribution in [0.15, 0.2) is 16.9 Å². The first-order valence-corrected chi connectivity index (χ1v) is 9.57. The molecule has 0 aliphatic rings. The van der Waals surface area contributed by atoms with Gasteiger partial charge in [0.25, 0.3) is 5.56 Å². The molecule has 0 aliphatic carbocycles. The summed E-state index contributed by atoms with van der Waals surface area (Å²) in [6, 6.07) is 2.72. The molecule has 2 aromatic rings. The smallest absolute Gasteiger partial charge is 0.269 e. The third-order valence-corrected chi connectivity index (χ3v) is 4.96. The molecule has 0 unspecified atom stereocenters. The SMILES string of the molecule is Cc1cc(O)cc(C)c1C[C@H](N)C(=O)NCCCCc1[nH]c(=O)c(C)nc1C. The van der Waals surface area contributed by atoms with Gasteiger partial charge in [-0.15, -0.1) is 0 Å². The highest BCUT2D eigenvalue weighted by atomic mass is 16.3. The van der Waals surface area contributed by atoms with Gasteiger partial charge in [0.2, 0.25) is 5.91 Å². The molecule has 28 heavy (non-hydrogen) atoms. The summed E-state index contributed by atoms with van der Waals surface area (Å²) < 4.78 is 0. The Balaban J connectivity index is 1.78. The lowest BCUT2D eigenvalue weighted by Gasteiger charge is -2.16. The lowest BCUT2D eigenvalue weighted by atomic mass is 9.96. The zero-order valence-corrected chi connectivity index (χ0v) is 17.1. The quantitative estimate of drug-likeness (QED) is 0.515. The maximum absolute atomic E-state index is 12.3. The number of unbranched alkanes of at least 4 members (excludes halogenated alkanes) is 1. The molecule has 1 amide bonds. The molecule has 0 bridgehead atoms. The van der Waals surface area contributed by atoms with Crippen molar-refractivity contribution in [2.24, 2.45) is 5.73 Å². The fraction of sp³-hybridized carbons (Fsp3) is 0.476. The number of nitrogens with zero attached hydrogens (tertiary/aromatic N) is 1. The first kappa shape index (κ1) is 21.6. The van der Waals surface area contributed by atoms with E-state index in [4.69, 9.17) is 5.73 Å². The van der Waals surface area contributed by atoms with Crippen LogP contribution in [0.4, 0.5) is 0 Å². The van der Waals surface area contributed by atoms with Gasteiger partial charge in [-0.2, -0.15) is 0 Å². The molecule has 0 saturated carbocycles. The van der Waals surface area contributed by atoms with Crippen LogP contribution in [0.5, 0.6) is 5.75 Å². The molecule has 1 aromatic carbocycles. The summed E-state index contributed by atoms with van der Waals surface area (Å²) in [4.78, 5) is 31.0. The molecule has 2 rings (SSSR count). The van der Waals surface area contributed by atoms with Crippen molar-refractivity contribution in [3.8, 4) is 5.75 Å². The third-order valence-electron chi connectivity index (χ3n) is 4.96. The molecule has 0 aliphatic heterocycles. The number of aromatic nitrogens is 2. The molecular formula is C21H30N4O3. The van der Waals surface area contributed by atoms with E-state index in [2.05, 4.69) is 15.3 Å². The maximum Gasteiger partial charge on any atom is 0.269 e. The van der Waals surface area contributed by atoms with E-state index >= 15 is 0 Å². The summed E-state index contributed by atoms with van der Waals surface area (Å²) >= 11 is 0. The maximum atomic E-state index is 12.3. The molecular weight excluding hydrogens is 356 g/mol. The number of aryl methyl sites for hydroxylation is 5. The number of nitrogens with two attached hydrogens (primary N) is 1. The van der Waals surface area contributed by atoms with E-state index in [0.717, 1.165) is 40.9 Å². The predicted molar refractivity (Wildman–Crippen MR) is 110 cm³/mol. The largest absolute Gasteiger partial charge is 0.508 e. The van der Waals surface area contributed by atoms with Crippen LogP contribution in [0.25, 0.3) is 0 Å². The zero-order chi connectivity index (χ0) is 20.8. The van der Waals surface area contributed by atoms with E-state index in [-0.39, 0.29) is 17.2 Å². The number of benzene rings is 1. The van der Waals surface area contributed by atoms with Gasteiger partial charge in [0, 0.05) is 12.2 Å². The normalized spacial score (nSPS) is 12.0. The molecule has 1 heterocycles. The molecule has 0 saturated heterocycles. The van der Waals surface area contributed by atoms with Crippen LogP contribution in [0, 0.1) is 27.7 Å². The van der Waals surface area contributed by atoms with Crippen LogP contribution < -0.4 is 16.6 Å². The summed E-state index contributed by atoms with van der Waals surface area (Å²) in [5.74, 6) is 0.0330. The second kappa shape index (κ2) is 9.50. The number of carbonyl (C=O) groups excluding carboxylic acids is 1. The first-order chi connectivity index (χ1) is 13.2. The minimum atomic E-state index is -0.637. The summed E-state index contributed by atoms with van der Waals surface area (Å²) in [7, 11) is 0. The predicted octanol–water partition coefficient (Wildman–Crippen LogP) is 1.72. The van der Waals surface area contributed by atoms with Gasteiger partial charge < -0.3 is 21.1 Å². The Morgan fingerprint density at radius 2 is 1.82 bits per heavy atom. The first-order valence-electron chi connectivity index (χ1n) is 9.57. The Kier molecular flexibility index (Phi) is 7.34. The standard InChI is InChI=1S/C21H30N4O3/c1-12-9-16(26)10-13(2)17(12)11-18(22)21(28)23-8-6-5-7-19-14(3)24-15(4)20(27)25-19/h9-10,18,26H,5-8,11,22H2,1-4H3,(H,23,28)(H,25,27)/t18-/m0/s1. The van der Waals surface area contributed by atoms with Crippen molar-refractivity contribution in [3.63, 3.8) is 0 Å². The van der Waals surface area contributed by atoms with Crippen LogP contribution >= 0.6 is 0 Å². The van der Waals surface area contributed by atoms with Gasteiger partial charge in [-0.1, -0.05) is 0 Å². The Morgan fingerprint density at radius 1 is 1.18 bits per heavy atom. The molecule has 1 atom stereocenters. The summed E-state index contributed by atoms with van der Waals surface area (Å²) in [5.41, 5.74) is 10.9. The van der Waals surface area contributed by atoms with Crippen LogP contribution in [-0.2, 0) is 17.6 Å². The Morgan fingerprint density at radius 3 is 2.46 bits per heavy atom. The molecule has 0 spiro atoms. The van der Waals surface area contributed by atoms with Crippen LogP contribution in [0.1, 0.15) is 46.6 Å². The van der Waals surface area contributed by atoms with Crippen molar-refractivity contribution in [1.29, 1.82) is 0 Å². The van der Waals surface area contributed by atoms with E-state index in [1.165, 1.54) is 0 Å². The highest BCUT2D eigenvalue weighted by Crippen LogP contribution is 2.21. The number of hydrogen-bond acceptors (Lipinski definition) is 5. The van der Waals surface area contributed by atoms with E-state index in [1.54, 1.807) is 19.1 Å². The van der Waals surface area contributed by atoms with Crippen molar-refractivity contribution in [3.05, 3.63) is 56.3 Å². The number of aromatic hydroxyl groups is 1. The average molecular weight is 386 g/mol. The number of carbonyl (C=O) groups is 1. The van der Waals surface area contributed by atoms with E-state index in [1.807, 2.05) is 20.8 Å². The zero-order valence-electron chi connectivity index (χ0n) is 17.1. The lowest BCUT2D eigenvalue weighted by Crippen LogP contribution is -2.42. The number of H-pyrrole nitrogens is 1. The number of phenols is 1. The summed E-state index contributed by atoms with van der Waals surface area (Å²) in [5, 5.41) is 12.5. The Labute approximate surface area is 165 Å². The van der Waals surface area contributed by atoms with Crippen molar-refractivity contribution in [1.82, 2.24) is 15.3 Å². The second-order valence-electron chi connectivity index (χ2n) is 7.33. The molecule has 5 N–H and O–H groups in total. The monoisotopic (exact) mass is 386 g/mol. The van der Waals surface area contributed by atoms with E-state index in [9.17, 15) is 14.7 Å². The number of phenolic OH excluding ortho intramolecular Hbond substituents is 1. The van der Waals surface area contributed by atoms with Crippen LogP contribution in [0.2, 0.25) is 0 Å². The fourth-order valence-corrected chi connectivity index (χ4v) is 3.31. The summed E-state index contributed by atoms with van der Waals surface area (Å²) in [6.45, 7) is 7.91. The minimum Gasteiger partial charge on any atom is -0.508 e. The third kappa shape index (κ3) is 5.66. The van der Waals surface area contributed by atoms with Crippen molar-refractivity contribution >= 4 is 5.91 Å². The minimum absolute atomic E-state index is 0.153. The highest BCUT2D eigenvalue weighted by molar-refractivity contribution is 5.81. The number of amides is 1. The molecule has 1 aromatic heterocycles. The summed E-state index contributed by atoms with van der Waals surface area (Å²) in [6.07, 6.45) is 2.75. The van der Waals surface area contributed by atoms with Crippen molar-refractivity contribution in [2.45, 2.75) is 59.4 Å². The van der Waals surface area contributed by atoms with Gasteiger partial charge in [-0.05, 0) is 82.2 Å². The fourth-order valence-electron chi connectivity index (χ4n) is 3.31. The molecule has 152 valence electrons. The molecule has 0 fully saturated rings. The molecule has 7 nitrogen and oxygen atoms in total. The number of rotatable bonds is 8. The van der Waals surface area contributed by atoms with Gasteiger partial charge in [0.15, 0.2) is 0 Å². The lowest BCUT2D eigenvalue weighted by molar-refractivity contribution is -0.122. The van der Waals surface area contributed by atoms with Crippen LogP contribution in [-0.4, -0.2) is 33.6 Å². The Hall–Kier alpha value is -2.67. The van der Waals surface area contributed by atoms with Gasteiger partial charge in [-0.3, -0.25) is 14.6 Å². The van der Waals surface area contributed by atoms with Gasteiger partial charge in [0.1, 0.15) is 11.4 Å². The van der Waals surface area contributed by atoms with Crippen LogP contribution in [0.3, 0.4) is 0 Å². The second-order valence-corrected chi connectivity index (χ2v) is 7.33. The Bertz CT molecular complexity index is 882. The number of hydrogen-bond donors (Lipinski definition) is 4. The van der Waals surface area contributed by atoms with E-state index in [0.29, 0.717) is 25.1 Å². The molecule has 7 heteroatoms. The topological polar surface area (TPSA) is 121 Å². The van der Waals surface area contributed by atoms with Crippen molar-refractivity contribution < 1.29 is 9.90 Å². The van der Waals surface area contributed by atoms with Gasteiger partial charge >= 0.3 is 0 Å².